The number of fused-ring (bicyclic) bond motifs is 1. The monoisotopic (exact) mass is 389 g/mol. The van der Waals surface area contributed by atoms with Gasteiger partial charge in [0.25, 0.3) is 11.8 Å². The third-order valence-electron chi connectivity index (χ3n) is 3.94. The van der Waals surface area contributed by atoms with Gasteiger partial charge >= 0.3 is 5.97 Å². The number of nitrogens with zero attached hydrogens (tertiary/aromatic N) is 1. The van der Waals surface area contributed by atoms with Gasteiger partial charge in [0.05, 0.1) is 35.8 Å². The molecule has 0 spiro atoms. The molecule has 0 fully saturated rings. The molecule has 9 nitrogen and oxygen atoms in total. The van der Waals surface area contributed by atoms with Gasteiger partial charge in [-0.15, -0.1) is 0 Å². The van der Waals surface area contributed by atoms with Crippen LogP contribution in [0.4, 0.5) is 5.69 Å². The summed E-state index contributed by atoms with van der Waals surface area (Å²) in [6.07, 6.45) is 1.21. The molecule has 4 N–H and O–H groups in total. The molecule has 2 heterocycles. The van der Waals surface area contributed by atoms with E-state index in [0.29, 0.717) is 17.2 Å². The largest absolute Gasteiger partial charge is 0.497 e. The van der Waals surface area contributed by atoms with Crippen molar-refractivity contribution in [3.8, 4) is 11.5 Å². The zero-order chi connectivity index (χ0) is 19.7. The number of carboxylic acids is 1. The quantitative estimate of drug-likeness (QED) is 0.637. The van der Waals surface area contributed by atoms with E-state index in [2.05, 4.69) is 10.3 Å². The Labute approximate surface area is 157 Å². The van der Waals surface area contributed by atoms with Gasteiger partial charge in [0.1, 0.15) is 17.1 Å². The number of carboxylic acid groups (broad SMARTS) is 1. The lowest BCUT2D eigenvalue weighted by Gasteiger charge is -2.12. The van der Waals surface area contributed by atoms with Gasteiger partial charge in [0.15, 0.2) is 0 Å². The zero-order valence-electron chi connectivity index (χ0n) is 14.3. The first kappa shape index (κ1) is 18.5. The van der Waals surface area contributed by atoms with Crippen molar-refractivity contribution in [3.63, 3.8) is 0 Å². The Morgan fingerprint density at radius 1 is 1.30 bits per heavy atom. The van der Waals surface area contributed by atoms with E-state index in [-0.39, 0.29) is 15.6 Å². The highest BCUT2D eigenvalue weighted by atomic mass is 32.2. The van der Waals surface area contributed by atoms with Crippen LogP contribution in [-0.4, -0.2) is 42.2 Å². The number of methoxy groups -OCH3 is 2. The fourth-order valence-corrected chi connectivity index (χ4v) is 3.63. The highest BCUT2D eigenvalue weighted by Gasteiger charge is 2.38. The number of hydrogen-bond donors (Lipinski definition) is 3. The molecule has 1 unspecified atom stereocenters. The first-order valence-electron chi connectivity index (χ1n) is 7.64. The number of aliphatic carboxylic acids is 1. The van der Waals surface area contributed by atoms with E-state index < -0.39 is 29.3 Å². The van der Waals surface area contributed by atoms with Crippen molar-refractivity contribution in [1.29, 1.82) is 0 Å². The second-order valence-corrected chi connectivity index (χ2v) is 6.56. The summed E-state index contributed by atoms with van der Waals surface area (Å²) in [5.41, 5.74) is 6.07. The molecular weight excluding hydrogens is 374 g/mol. The molecule has 2 aliphatic rings. The van der Waals surface area contributed by atoms with Crippen LogP contribution in [0.25, 0.3) is 0 Å². The number of thioether (sulfide) groups is 1. The maximum absolute atomic E-state index is 12.7. The van der Waals surface area contributed by atoms with E-state index >= 15 is 0 Å². The standard InChI is InChI=1S/C17H15N3O6S/c1-25-7-3-4-11(26-2)10(5-7)19-15(22)13-12(18)8-6-9(17(23)24)14(21)20-16(8)27-13/h3-6,8H,18H2,1-2H3,(H,19,22)(H,23,24). The number of benzene rings is 1. The van der Waals surface area contributed by atoms with Crippen molar-refractivity contribution in [1.82, 2.24) is 0 Å². The van der Waals surface area contributed by atoms with Crippen LogP contribution in [-0.2, 0) is 14.4 Å². The third kappa shape index (κ3) is 3.38. The number of nitrogens with two attached hydrogens (primary N) is 1. The van der Waals surface area contributed by atoms with E-state index in [1.807, 2.05) is 0 Å². The molecule has 27 heavy (non-hydrogen) atoms. The van der Waals surface area contributed by atoms with Crippen molar-refractivity contribution < 1.29 is 29.0 Å². The highest BCUT2D eigenvalue weighted by Crippen LogP contribution is 2.40. The summed E-state index contributed by atoms with van der Waals surface area (Å²) in [5.74, 6) is -2.57. The summed E-state index contributed by atoms with van der Waals surface area (Å²) in [4.78, 5) is 39.5. The number of aliphatic imine (C=N–C) groups is 1. The third-order valence-corrected chi connectivity index (χ3v) is 5.12. The maximum atomic E-state index is 12.7. The predicted molar refractivity (Wildman–Crippen MR) is 98.6 cm³/mol. The van der Waals surface area contributed by atoms with Crippen LogP contribution < -0.4 is 20.5 Å². The number of anilines is 1. The van der Waals surface area contributed by atoms with Gasteiger partial charge in [-0.2, -0.15) is 0 Å². The fraction of sp³-hybridized carbons (Fsp3) is 0.176. The van der Waals surface area contributed by atoms with Gasteiger partial charge < -0.3 is 25.6 Å². The number of nitrogens with one attached hydrogen (secondary N) is 1. The van der Waals surface area contributed by atoms with Crippen molar-refractivity contribution in [3.05, 3.63) is 40.5 Å². The van der Waals surface area contributed by atoms with Crippen LogP contribution in [0, 0.1) is 5.92 Å². The number of dihydropyridines is 1. The number of ether oxygens (including phenoxy) is 2. The van der Waals surface area contributed by atoms with Gasteiger partial charge in [-0.3, -0.25) is 9.59 Å². The summed E-state index contributed by atoms with van der Waals surface area (Å²) in [6.45, 7) is 0. The second kappa shape index (κ2) is 7.16. The number of rotatable bonds is 5. The SMILES string of the molecule is COc1ccc(OC)c(NC(=O)C2=C(N)C3C=C(C(=O)O)C(=O)N=C3S2)c1. The summed E-state index contributed by atoms with van der Waals surface area (Å²) in [6, 6.07) is 4.90. The Kier molecular flexibility index (Phi) is 4.91. The number of carbonyl (C=O) groups is 3. The van der Waals surface area contributed by atoms with Gasteiger partial charge in [-0.1, -0.05) is 11.8 Å². The summed E-state index contributed by atoms with van der Waals surface area (Å²) in [5, 5.41) is 12.0. The average molecular weight is 389 g/mol. The zero-order valence-corrected chi connectivity index (χ0v) is 15.1. The Balaban J connectivity index is 1.90. The normalized spacial score (nSPS) is 18.4. The lowest BCUT2D eigenvalue weighted by atomic mass is 10.00. The van der Waals surface area contributed by atoms with E-state index in [4.69, 9.17) is 20.3 Å². The van der Waals surface area contributed by atoms with E-state index in [1.54, 1.807) is 18.2 Å². The van der Waals surface area contributed by atoms with E-state index in [9.17, 15) is 14.4 Å². The van der Waals surface area contributed by atoms with Crippen LogP contribution in [0.5, 0.6) is 11.5 Å². The molecule has 3 rings (SSSR count). The summed E-state index contributed by atoms with van der Waals surface area (Å²) in [7, 11) is 2.95. The first-order chi connectivity index (χ1) is 12.8. The molecule has 2 aliphatic heterocycles. The minimum atomic E-state index is -1.39. The second-order valence-electron chi connectivity index (χ2n) is 5.53. The molecule has 0 saturated heterocycles. The van der Waals surface area contributed by atoms with Crippen molar-refractivity contribution in [2.24, 2.45) is 16.6 Å². The van der Waals surface area contributed by atoms with Crippen LogP contribution in [0.2, 0.25) is 0 Å². The van der Waals surface area contributed by atoms with Crippen LogP contribution in [0.15, 0.2) is 45.4 Å². The maximum Gasteiger partial charge on any atom is 0.341 e. The van der Waals surface area contributed by atoms with Crippen LogP contribution in [0.1, 0.15) is 0 Å². The highest BCUT2D eigenvalue weighted by molar-refractivity contribution is 8.18. The lowest BCUT2D eigenvalue weighted by molar-refractivity contribution is -0.134. The van der Waals surface area contributed by atoms with Crippen molar-refractivity contribution >= 4 is 40.3 Å². The van der Waals surface area contributed by atoms with Crippen LogP contribution >= 0.6 is 11.8 Å². The molecule has 140 valence electrons. The summed E-state index contributed by atoms with van der Waals surface area (Å²) < 4.78 is 10.4. The fourth-order valence-electron chi connectivity index (χ4n) is 2.58. The number of allylic oxidation sites excluding steroid dienone is 1. The molecule has 0 radical (unpaired) electrons. The van der Waals surface area contributed by atoms with Gasteiger partial charge in [0, 0.05) is 11.8 Å². The molecule has 0 aliphatic carbocycles. The molecule has 2 amide bonds. The number of hydrogen-bond acceptors (Lipinski definition) is 7. The molecule has 0 aromatic heterocycles. The summed E-state index contributed by atoms with van der Waals surface area (Å²) >= 11 is 0.933. The predicted octanol–water partition coefficient (Wildman–Crippen LogP) is 1.13. The molecule has 10 heteroatoms. The Bertz CT molecular complexity index is 950. The Morgan fingerprint density at radius 3 is 2.67 bits per heavy atom. The first-order valence-corrected chi connectivity index (χ1v) is 8.46. The molecule has 0 bridgehead atoms. The topological polar surface area (TPSA) is 140 Å². The molecule has 1 atom stereocenters. The molecule has 1 aromatic carbocycles. The average Bonchev–Trinajstić information content (AvgIpc) is 2.96. The minimum absolute atomic E-state index is 0.129. The van der Waals surface area contributed by atoms with Gasteiger partial charge in [-0.05, 0) is 18.2 Å². The van der Waals surface area contributed by atoms with Gasteiger partial charge in [-0.25, -0.2) is 9.79 Å². The van der Waals surface area contributed by atoms with E-state index in [1.165, 1.54) is 20.3 Å². The van der Waals surface area contributed by atoms with Crippen LogP contribution in [0.3, 0.4) is 0 Å². The molecule has 0 saturated carbocycles. The van der Waals surface area contributed by atoms with E-state index in [0.717, 1.165) is 11.8 Å². The van der Waals surface area contributed by atoms with Crippen molar-refractivity contribution in [2.45, 2.75) is 0 Å². The minimum Gasteiger partial charge on any atom is -0.497 e. The van der Waals surface area contributed by atoms with Gasteiger partial charge in [0.2, 0.25) is 0 Å². The Hall–Kier alpha value is -3.27. The smallest absolute Gasteiger partial charge is 0.341 e. The Morgan fingerprint density at radius 2 is 2.04 bits per heavy atom. The number of carbonyl (C=O) groups excluding carboxylic acids is 2. The molecule has 1 aromatic rings. The number of amides is 2. The van der Waals surface area contributed by atoms with Crippen molar-refractivity contribution in [2.75, 3.05) is 19.5 Å². The lowest BCUT2D eigenvalue weighted by Crippen LogP contribution is -2.23. The molecular formula is C17H15N3O6S.